The van der Waals surface area contributed by atoms with Gasteiger partial charge in [0.25, 0.3) is 0 Å². The highest BCUT2D eigenvalue weighted by Crippen LogP contribution is 2.44. The lowest BCUT2D eigenvalue weighted by Crippen LogP contribution is -2.35. The van der Waals surface area contributed by atoms with Crippen molar-refractivity contribution in [3.8, 4) is 0 Å². The Balaban J connectivity index is 1.28. The molecule has 0 saturated heterocycles. The van der Waals surface area contributed by atoms with Gasteiger partial charge in [-0.1, -0.05) is 41.5 Å². The molecule has 5 rings (SSSR count). The Kier molecular flexibility index (Phi) is 5.27. The number of ether oxygens (including phenoxy) is 2. The number of thiophene rings is 1. The maximum atomic E-state index is 6.31. The summed E-state index contributed by atoms with van der Waals surface area (Å²) >= 11 is 1.72. The van der Waals surface area contributed by atoms with Gasteiger partial charge in [-0.3, -0.25) is 0 Å². The first kappa shape index (κ1) is 21.5. The molecule has 0 bridgehead atoms. The van der Waals surface area contributed by atoms with Crippen LogP contribution in [0.4, 0.5) is 0 Å². The van der Waals surface area contributed by atoms with Gasteiger partial charge in [0.05, 0.1) is 21.8 Å². The number of hydrogen-bond acceptors (Lipinski definition) is 5. The highest BCUT2D eigenvalue weighted by Gasteiger charge is 2.42. The Morgan fingerprint density at radius 2 is 1.13 bits per heavy atom. The molecule has 2 fully saturated rings. The minimum Gasteiger partial charge on any atom is -0.471 e. The monoisotopic (exact) mass is 442 g/mol. The minimum absolute atomic E-state index is 0.261. The smallest absolute Gasteiger partial charge is 0.227 e. The molecule has 6 unspecified atom stereocenters. The van der Waals surface area contributed by atoms with Crippen molar-refractivity contribution >= 4 is 23.1 Å². The molecular weight excluding hydrogens is 404 g/mol. The molecule has 6 atom stereocenters. The number of aliphatic imine (C=N–C) groups is 2. The van der Waals surface area contributed by atoms with Gasteiger partial charge >= 0.3 is 0 Å². The third-order valence-corrected chi connectivity index (χ3v) is 9.14. The molecule has 31 heavy (non-hydrogen) atoms. The van der Waals surface area contributed by atoms with E-state index in [0.29, 0.717) is 22.9 Å². The van der Waals surface area contributed by atoms with Gasteiger partial charge in [-0.25, -0.2) is 9.98 Å². The van der Waals surface area contributed by atoms with Gasteiger partial charge in [-0.05, 0) is 73.3 Å². The average Bonchev–Trinajstić information content (AvgIpc) is 3.41. The fraction of sp³-hybridized carbons (Fsp3) is 0.769. The van der Waals surface area contributed by atoms with Gasteiger partial charge in [0.1, 0.15) is 12.2 Å². The van der Waals surface area contributed by atoms with E-state index in [1.54, 1.807) is 11.3 Å². The Bertz CT molecular complexity index is 817. The summed E-state index contributed by atoms with van der Waals surface area (Å²) in [5, 5.41) is 0. The van der Waals surface area contributed by atoms with Crippen LogP contribution in [0.2, 0.25) is 0 Å². The summed E-state index contributed by atoms with van der Waals surface area (Å²) in [6, 6.07) is 4.92. The number of fused-ring (bicyclic) bond motifs is 2. The Hall–Kier alpha value is -1.36. The molecule has 1 aromatic heterocycles. The molecule has 0 aromatic carbocycles. The van der Waals surface area contributed by atoms with E-state index < -0.39 is 0 Å². The van der Waals surface area contributed by atoms with Gasteiger partial charge in [-0.15, -0.1) is 11.3 Å². The maximum absolute atomic E-state index is 6.31. The lowest BCUT2D eigenvalue weighted by molar-refractivity contribution is 0.0839. The zero-order chi connectivity index (χ0) is 22.0. The number of hydrogen-bond donors (Lipinski definition) is 0. The van der Waals surface area contributed by atoms with Gasteiger partial charge in [-0.2, -0.15) is 0 Å². The molecule has 0 N–H and O–H groups in total. The van der Waals surface area contributed by atoms with Crippen LogP contribution in [0.5, 0.6) is 0 Å². The van der Waals surface area contributed by atoms with E-state index in [0.717, 1.165) is 59.1 Å². The van der Waals surface area contributed by atoms with E-state index in [1.165, 1.54) is 12.8 Å². The third-order valence-electron chi connectivity index (χ3n) is 8.08. The predicted molar refractivity (Wildman–Crippen MR) is 128 cm³/mol. The lowest BCUT2D eigenvalue weighted by atomic mass is 9.70. The highest BCUT2D eigenvalue weighted by molar-refractivity contribution is 7.16. The minimum atomic E-state index is 0.261. The summed E-state index contributed by atoms with van der Waals surface area (Å²) in [7, 11) is 0. The van der Waals surface area contributed by atoms with Crippen molar-refractivity contribution in [2.45, 2.75) is 104 Å². The molecule has 170 valence electrons. The third kappa shape index (κ3) is 4.19. The average molecular weight is 443 g/mol. The summed E-state index contributed by atoms with van der Waals surface area (Å²) in [5.74, 6) is 3.12. The fourth-order valence-corrected chi connectivity index (χ4v) is 6.70. The van der Waals surface area contributed by atoms with Crippen LogP contribution >= 0.6 is 11.3 Å². The summed E-state index contributed by atoms with van der Waals surface area (Å²) in [4.78, 5) is 12.3. The molecular formula is C26H38N2O2S. The molecule has 3 heterocycles. The largest absolute Gasteiger partial charge is 0.471 e. The first-order chi connectivity index (χ1) is 14.6. The summed E-state index contributed by atoms with van der Waals surface area (Å²) in [6.45, 7) is 14.1. The molecule has 2 aliphatic carbocycles. The molecule has 0 amide bonds. The van der Waals surface area contributed by atoms with Crippen LogP contribution in [-0.4, -0.2) is 36.1 Å². The normalized spacial score (nSPS) is 35.5. The van der Waals surface area contributed by atoms with E-state index >= 15 is 0 Å². The van der Waals surface area contributed by atoms with Crippen molar-refractivity contribution in [3.05, 3.63) is 21.9 Å². The van der Waals surface area contributed by atoms with E-state index in [1.807, 2.05) is 0 Å². The standard InChI is InChI=1S/C26H38N2O2S/c1-25(2,3)15-7-9-19-17(13-15)27-23(29-19)21-11-12-22(31-21)24-28-18-14-16(26(4,5)6)8-10-20(18)30-24/h11-12,15-20H,7-10,13-14H2,1-6H3. The predicted octanol–water partition coefficient (Wildman–Crippen LogP) is 6.47. The van der Waals surface area contributed by atoms with E-state index in [4.69, 9.17) is 19.5 Å². The van der Waals surface area contributed by atoms with Gasteiger partial charge < -0.3 is 9.47 Å². The highest BCUT2D eigenvalue weighted by atomic mass is 32.1. The summed E-state index contributed by atoms with van der Waals surface area (Å²) in [5.41, 5.74) is 0.695. The Morgan fingerprint density at radius 1 is 0.710 bits per heavy atom. The molecule has 2 saturated carbocycles. The second-order valence-electron chi connectivity index (χ2n) is 12.2. The van der Waals surface area contributed by atoms with Gasteiger partial charge in [0.2, 0.25) is 11.8 Å². The van der Waals surface area contributed by atoms with Crippen LogP contribution in [-0.2, 0) is 9.47 Å². The zero-order valence-corrected chi connectivity index (χ0v) is 20.8. The Labute approximate surface area is 191 Å². The first-order valence-corrected chi connectivity index (χ1v) is 13.0. The van der Waals surface area contributed by atoms with Crippen molar-refractivity contribution in [3.63, 3.8) is 0 Å². The zero-order valence-electron chi connectivity index (χ0n) is 20.0. The van der Waals surface area contributed by atoms with Crippen LogP contribution in [0.1, 0.15) is 89.8 Å². The van der Waals surface area contributed by atoms with Crippen LogP contribution in [0.25, 0.3) is 0 Å². The first-order valence-electron chi connectivity index (χ1n) is 12.2. The van der Waals surface area contributed by atoms with Crippen LogP contribution in [0.3, 0.4) is 0 Å². The number of nitrogens with zero attached hydrogens (tertiary/aromatic N) is 2. The second-order valence-corrected chi connectivity index (χ2v) is 13.3. The van der Waals surface area contributed by atoms with E-state index in [2.05, 4.69) is 53.7 Å². The van der Waals surface area contributed by atoms with Crippen molar-refractivity contribution in [1.29, 1.82) is 0 Å². The van der Waals surface area contributed by atoms with E-state index in [9.17, 15) is 0 Å². The summed E-state index contributed by atoms with van der Waals surface area (Å²) in [6.07, 6.45) is 7.53. The molecule has 5 heteroatoms. The molecule has 0 spiro atoms. The van der Waals surface area contributed by atoms with Crippen LogP contribution in [0, 0.1) is 22.7 Å². The summed E-state index contributed by atoms with van der Waals surface area (Å²) < 4.78 is 12.6. The van der Waals surface area contributed by atoms with Crippen molar-refractivity contribution < 1.29 is 9.47 Å². The van der Waals surface area contributed by atoms with Crippen molar-refractivity contribution in [2.24, 2.45) is 32.7 Å². The maximum Gasteiger partial charge on any atom is 0.227 e. The molecule has 2 aliphatic heterocycles. The molecule has 4 aliphatic rings. The SMILES string of the molecule is CC(C)(C)C1CCC2OC(c3ccc(C4=NC5CC(C(C)(C)C)CCC5O4)s3)=NC2C1. The van der Waals surface area contributed by atoms with Crippen LogP contribution < -0.4 is 0 Å². The second kappa shape index (κ2) is 7.60. The lowest BCUT2D eigenvalue weighted by Gasteiger charge is -2.37. The number of rotatable bonds is 2. The van der Waals surface area contributed by atoms with Crippen molar-refractivity contribution in [1.82, 2.24) is 0 Å². The quantitative estimate of drug-likeness (QED) is 0.527. The Morgan fingerprint density at radius 3 is 1.52 bits per heavy atom. The van der Waals surface area contributed by atoms with Crippen LogP contribution in [0.15, 0.2) is 22.1 Å². The van der Waals surface area contributed by atoms with Gasteiger partial charge in [0, 0.05) is 0 Å². The molecule has 4 nitrogen and oxygen atoms in total. The van der Waals surface area contributed by atoms with E-state index in [-0.39, 0.29) is 12.2 Å². The fourth-order valence-electron chi connectivity index (χ4n) is 5.82. The molecule has 1 aromatic rings. The topological polar surface area (TPSA) is 43.2 Å². The molecule has 0 radical (unpaired) electrons. The van der Waals surface area contributed by atoms with Crippen molar-refractivity contribution in [2.75, 3.05) is 0 Å². The van der Waals surface area contributed by atoms with Gasteiger partial charge in [0.15, 0.2) is 0 Å².